The molecular weight excluding hydrogens is 142 g/mol. The molecule has 0 amide bonds. The molecule has 0 spiro atoms. The zero-order valence-corrected chi connectivity index (χ0v) is 6.59. The summed E-state index contributed by atoms with van der Waals surface area (Å²) in [4.78, 5) is 3.97. The Bertz CT molecular complexity index is 249. The number of nitrogens with one attached hydrogen (secondary N) is 1. The summed E-state index contributed by atoms with van der Waals surface area (Å²) in [7, 11) is 1.61. The van der Waals surface area contributed by atoms with E-state index in [0.717, 1.165) is 11.3 Å². The minimum atomic E-state index is 0.642. The summed E-state index contributed by atoms with van der Waals surface area (Å²) in [6.07, 6.45) is 1.63. The maximum Gasteiger partial charge on any atom is 0.140 e. The predicted octanol–water partition coefficient (Wildman–Crippen LogP) is 0.684. The lowest BCUT2D eigenvalue weighted by Gasteiger charge is -2.04. The molecule has 0 fully saturated rings. The first kappa shape index (κ1) is 7.81. The highest BCUT2D eigenvalue weighted by Gasteiger charge is 1.98. The molecule has 4 nitrogen and oxygen atoms in total. The number of anilines is 1. The largest absolute Gasteiger partial charge is 0.495 e. The van der Waals surface area contributed by atoms with Gasteiger partial charge in [0.25, 0.3) is 0 Å². The van der Waals surface area contributed by atoms with Crippen molar-refractivity contribution in [1.29, 1.82) is 0 Å². The van der Waals surface area contributed by atoms with Crippen molar-refractivity contribution < 1.29 is 4.74 Å². The third-order valence-electron chi connectivity index (χ3n) is 1.43. The second-order valence-corrected chi connectivity index (χ2v) is 2.18. The molecule has 0 aliphatic carbocycles. The number of nitrogens with two attached hydrogens (primary N) is 1. The summed E-state index contributed by atoms with van der Waals surface area (Å²) < 4.78 is 5.01. The van der Waals surface area contributed by atoms with E-state index in [4.69, 9.17) is 10.6 Å². The number of rotatable bonds is 2. The molecule has 0 bridgehead atoms. The van der Waals surface area contributed by atoms with Crippen LogP contribution >= 0.6 is 0 Å². The molecule has 1 aromatic heterocycles. The number of nitrogens with zero attached hydrogens (tertiary/aromatic N) is 1. The quantitative estimate of drug-likeness (QED) is 0.484. The number of nitrogen functional groups attached to an aromatic ring is 1. The predicted molar refractivity (Wildman–Crippen MR) is 43.3 cm³/mol. The fourth-order valence-electron chi connectivity index (χ4n) is 0.836. The van der Waals surface area contributed by atoms with Crippen molar-refractivity contribution in [3.63, 3.8) is 0 Å². The number of hydrogen-bond acceptors (Lipinski definition) is 4. The molecule has 60 valence electrons. The average molecular weight is 153 g/mol. The van der Waals surface area contributed by atoms with Crippen LogP contribution in [0.2, 0.25) is 0 Å². The van der Waals surface area contributed by atoms with Crippen LogP contribution < -0.4 is 16.0 Å². The summed E-state index contributed by atoms with van der Waals surface area (Å²) in [6, 6.07) is 1.82. The summed E-state index contributed by atoms with van der Waals surface area (Å²) >= 11 is 0. The van der Waals surface area contributed by atoms with Crippen LogP contribution in [0, 0.1) is 6.92 Å². The van der Waals surface area contributed by atoms with Crippen molar-refractivity contribution in [3.8, 4) is 5.75 Å². The van der Waals surface area contributed by atoms with Gasteiger partial charge in [-0.3, -0.25) is 0 Å². The van der Waals surface area contributed by atoms with Gasteiger partial charge in [-0.1, -0.05) is 0 Å². The summed E-state index contributed by atoms with van der Waals surface area (Å²) in [6.45, 7) is 1.93. The molecule has 11 heavy (non-hydrogen) atoms. The summed E-state index contributed by atoms with van der Waals surface area (Å²) in [5, 5.41) is 0. The average Bonchev–Trinajstić information content (AvgIpc) is 2.04. The summed E-state index contributed by atoms with van der Waals surface area (Å²) in [5.41, 5.74) is 3.46. The van der Waals surface area contributed by atoms with Gasteiger partial charge in [0.1, 0.15) is 11.6 Å². The minimum Gasteiger partial charge on any atom is -0.495 e. The molecular formula is C7H11N3O. The molecule has 0 saturated carbocycles. The first-order chi connectivity index (χ1) is 5.27. The van der Waals surface area contributed by atoms with Gasteiger partial charge in [0.2, 0.25) is 0 Å². The first-order valence-electron chi connectivity index (χ1n) is 3.25. The Balaban J connectivity index is 2.99. The molecule has 0 radical (unpaired) electrons. The first-order valence-corrected chi connectivity index (χ1v) is 3.25. The van der Waals surface area contributed by atoms with E-state index >= 15 is 0 Å². The van der Waals surface area contributed by atoms with E-state index in [1.54, 1.807) is 13.3 Å². The summed E-state index contributed by atoms with van der Waals surface area (Å²) in [5.74, 6) is 6.57. The lowest BCUT2D eigenvalue weighted by atomic mass is 10.3. The number of pyridine rings is 1. The molecule has 1 aromatic rings. The molecule has 0 saturated heterocycles. The van der Waals surface area contributed by atoms with Gasteiger partial charge in [-0.15, -0.1) is 0 Å². The Kier molecular flexibility index (Phi) is 2.28. The molecule has 1 heterocycles. The van der Waals surface area contributed by atoms with Crippen LogP contribution in [0.15, 0.2) is 12.3 Å². The molecule has 1 rings (SSSR count). The highest BCUT2D eigenvalue weighted by atomic mass is 16.5. The fourth-order valence-corrected chi connectivity index (χ4v) is 0.836. The van der Waals surface area contributed by atoms with E-state index in [9.17, 15) is 0 Å². The van der Waals surface area contributed by atoms with Crippen molar-refractivity contribution in [2.45, 2.75) is 6.92 Å². The van der Waals surface area contributed by atoms with Crippen molar-refractivity contribution in [3.05, 3.63) is 17.8 Å². The van der Waals surface area contributed by atoms with E-state index in [2.05, 4.69) is 10.4 Å². The Morgan fingerprint density at radius 2 is 2.36 bits per heavy atom. The van der Waals surface area contributed by atoms with Crippen LogP contribution in [-0.2, 0) is 0 Å². The molecule has 3 N–H and O–H groups in total. The molecule has 0 aliphatic rings. The van der Waals surface area contributed by atoms with E-state index in [1.165, 1.54) is 0 Å². The van der Waals surface area contributed by atoms with E-state index in [0.29, 0.717) is 5.82 Å². The molecule has 0 atom stereocenters. The molecule has 0 aromatic carbocycles. The fraction of sp³-hybridized carbons (Fsp3) is 0.286. The molecule has 0 unspecified atom stereocenters. The van der Waals surface area contributed by atoms with E-state index < -0.39 is 0 Å². The van der Waals surface area contributed by atoms with Crippen LogP contribution in [0.5, 0.6) is 5.75 Å². The van der Waals surface area contributed by atoms with Gasteiger partial charge in [0.15, 0.2) is 0 Å². The number of aromatic nitrogens is 1. The minimum absolute atomic E-state index is 0.642. The standard InChI is InChI=1S/C7H11N3O/c1-5-3-7(10-8)9-4-6(5)11-2/h3-4H,8H2,1-2H3,(H,9,10). The Hall–Kier alpha value is -1.29. The Morgan fingerprint density at radius 1 is 1.64 bits per heavy atom. The van der Waals surface area contributed by atoms with Gasteiger partial charge in [0.05, 0.1) is 13.3 Å². The second-order valence-electron chi connectivity index (χ2n) is 2.18. The van der Waals surface area contributed by atoms with Gasteiger partial charge in [0, 0.05) is 0 Å². The molecule has 4 heteroatoms. The Labute approximate surface area is 65.4 Å². The van der Waals surface area contributed by atoms with Gasteiger partial charge < -0.3 is 10.2 Å². The van der Waals surface area contributed by atoms with Gasteiger partial charge in [-0.05, 0) is 18.6 Å². The zero-order chi connectivity index (χ0) is 8.27. The van der Waals surface area contributed by atoms with Crippen LogP contribution in [-0.4, -0.2) is 12.1 Å². The Morgan fingerprint density at radius 3 is 2.82 bits per heavy atom. The third-order valence-corrected chi connectivity index (χ3v) is 1.43. The van der Waals surface area contributed by atoms with E-state index in [1.807, 2.05) is 13.0 Å². The van der Waals surface area contributed by atoms with Gasteiger partial charge in [-0.2, -0.15) is 0 Å². The van der Waals surface area contributed by atoms with Crippen LogP contribution in [0.3, 0.4) is 0 Å². The third kappa shape index (κ3) is 1.59. The van der Waals surface area contributed by atoms with Crippen LogP contribution in [0.25, 0.3) is 0 Å². The number of hydrazine groups is 1. The van der Waals surface area contributed by atoms with Gasteiger partial charge in [-0.25, -0.2) is 10.8 Å². The maximum absolute atomic E-state index is 5.16. The molecule has 0 aliphatic heterocycles. The normalized spacial score (nSPS) is 9.36. The number of aryl methyl sites for hydroxylation is 1. The lowest BCUT2D eigenvalue weighted by molar-refractivity contribution is 0.410. The van der Waals surface area contributed by atoms with E-state index in [-0.39, 0.29) is 0 Å². The van der Waals surface area contributed by atoms with Gasteiger partial charge >= 0.3 is 0 Å². The number of hydrogen-bond donors (Lipinski definition) is 2. The lowest BCUT2D eigenvalue weighted by Crippen LogP contribution is -2.08. The topological polar surface area (TPSA) is 60.2 Å². The van der Waals surface area contributed by atoms with Crippen molar-refractivity contribution >= 4 is 5.82 Å². The smallest absolute Gasteiger partial charge is 0.140 e. The van der Waals surface area contributed by atoms with Crippen molar-refractivity contribution in [2.24, 2.45) is 5.84 Å². The monoisotopic (exact) mass is 153 g/mol. The maximum atomic E-state index is 5.16. The number of methoxy groups -OCH3 is 1. The SMILES string of the molecule is COc1cnc(NN)cc1C. The zero-order valence-electron chi connectivity index (χ0n) is 6.59. The van der Waals surface area contributed by atoms with Crippen molar-refractivity contribution in [1.82, 2.24) is 4.98 Å². The van der Waals surface area contributed by atoms with Crippen LogP contribution in [0.4, 0.5) is 5.82 Å². The van der Waals surface area contributed by atoms with Crippen LogP contribution in [0.1, 0.15) is 5.56 Å². The highest BCUT2D eigenvalue weighted by molar-refractivity contribution is 5.42. The highest BCUT2D eigenvalue weighted by Crippen LogP contribution is 2.17. The van der Waals surface area contributed by atoms with Crippen molar-refractivity contribution in [2.75, 3.05) is 12.5 Å². The second kappa shape index (κ2) is 3.21. The number of ether oxygens (including phenoxy) is 1.